The van der Waals surface area contributed by atoms with E-state index in [9.17, 15) is 5.11 Å². The Bertz CT molecular complexity index is 507. The van der Waals surface area contributed by atoms with Gasteiger partial charge in [0.15, 0.2) is 0 Å². The molecule has 0 heterocycles. The third-order valence-corrected chi connectivity index (χ3v) is 3.90. The van der Waals surface area contributed by atoms with Crippen molar-refractivity contribution >= 4 is 23.8 Å². The molecule has 0 aromatic heterocycles. The minimum absolute atomic E-state index is 0.199. The molecule has 0 saturated heterocycles. The van der Waals surface area contributed by atoms with Crippen LogP contribution in [-0.2, 0) is 4.65 Å². The second kappa shape index (κ2) is 5.58. The summed E-state index contributed by atoms with van der Waals surface area (Å²) in [5, 5.41) is 17.9. The molecule has 4 N–H and O–H groups in total. The van der Waals surface area contributed by atoms with Crippen LogP contribution in [0.25, 0.3) is 0 Å². The number of hydrogen-bond donors (Lipinski definition) is 3. The van der Waals surface area contributed by atoms with Crippen LogP contribution in [0.3, 0.4) is 0 Å². The fourth-order valence-electron chi connectivity index (χ4n) is 1.81. The van der Waals surface area contributed by atoms with E-state index in [0.29, 0.717) is 11.4 Å². The van der Waals surface area contributed by atoms with E-state index < -0.39 is 11.2 Å². The van der Waals surface area contributed by atoms with Gasteiger partial charge in [-0.25, -0.2) is 0 Å². The van der Waals surface area contributed by atoms with Gasteiger partial charge in [-0.3, -0.25) is 0 Å². The van der Waals surface area contributed by atoms with Crippen molar-refractivity contribution in [1.29, 1.82) is 5.41 Å². The van der Waals surface area contributed by atoms with Gasteiger partial charge in [-0.2, -0.15) is 0 Å². The maximum atomic E-state index is 10.1. The summed E-state index contributed by atoms with van der Waals surface area (Å²) >= 11 is 0. The zero-order valence-corrected chi connectivity index (χ0v) is 13.2. The molecule has 0 aliphatic carbocycles. The number of rotatable bonds is 5. The van der Waals surface area contributed by atoms with Crippen molar-refractivity contribution in [2.24, 2.45) is 0 Å². The molecule has 0 bridgehead atoms. The van der Waals surface area contributed by atoms with Crippen LogP contribution in [0.4, 0.5) is 5.69 Å². The van der Waals surface area contributed by atoms with Crippen molar-refractivity contribution in [2.45, 2.75) is 52.6 Å². The standard InChI is InChI=1S/C15H25BN2O2/c1-10(17)12-9-11(7-8-13(12)18)16(6)20-15(4,5)14(2,3)19/h7-9,17,19H,18H2,1-6H3. The van der Waals surface area contributed by atoms with Gasteiger partial charge in [-0.15, -0.1) is 0 Å². The Kier molecular flexibility index (Phi) is 4.67. The monoisotopic (exact) mass is 276 g/mol. The lowest BCUT2D eigenvalue weighted by atomic mass is 9.62. The largest absolute Gasteiger partial charge is 0.423 e. The fraction of sp³-hybridized carbons (Fsp3) is 0.533. The topological polar surface area (TPSA) is 79.3 Å². The van der Waals surface area contributed by atoms with Crippen molar-refractivity contribution in [3.8, 4) is 0 Å². The molecule has 0 spiro atoms. The highest BCUT2D eigenvalue weighted by atomic mass is 16.5. The molecule has 0 aliphatic rings. The zero-order chi connectivity index (χ0) is 15.7. The van der Waals surface area contributed by atoms with Crippen molar-refractivity contribution in [1.82, 2.24) is 0 Å². The molecular formula is C15H25BN2O2. The molecule has 1 rings (SSSR count). The quantitative estimate of drug-likeness (QED) is 0.437. The Morgan fingerprint density at radius 1 is 1.30 bits per heavy atom. The number of anilines is 1. The molecule has 1 aromatic carbocycles. The summed E-state index contributed by atoms with van der Waals surface area (Å²) < 4.78 is 6.00. The van der Waals surface area contributed by atoms with E-state index in [2.05, 4.69) is 0 Å². The van der Waals surface area contributed by atoms with Crippen LogP contribution in [0.5, 0.6) is 0 Å². The Labute approximate surface area is 122 Å². The van der Waals surface area contributed by atoms with Crippen molar-refractivity contribution in [3.05, 3.63) is 23.8 Å². The molecule has 20 heavy (non-hydrogen) atoms. The molecule has 0 amide bonds. The van der Waals surface area contributed by atoms with Gasteiger partial charge in [0.05, 0.1) is 11.2 Å². The van der Waals surface area contributed by atoms with Gasteiger partial charge in [0.25, 0.3) is 0 Å². The molecule has 0 unspecified atom stereocenters. The number of aliphatic hydroxyl groups is 1. The van der Waals surface area contributed by atoms with Crippen LogP contribution in [0.1, 0.15) is 40.2 Å². The summed E-state index contributed by atoms with van der Waals surface area (Å²) in [6.07, 6.45) is 0. The first-order valence-electron chi connectivity index (χ1n) is 6.81. The minimum atomic E-state index is -0.949. The first-order chi connectivity index (χ1) is 8.95. The maximum absolute atomic E-state index is 10.1. The molecule has 0 radical (unpaired) electrons. The molecule has 0 atom stereocenters. The summed E-state index contributed by atoms with van der Waals surface area (Å²) in [7, 11) is 0. The van der Waals surface area contributed by atoms with Crippen LogP contribution in [0.15, 0.2) is 18.2 Å². The molecule has 0 saturated carbocycles. The lowest BCUT2D eigenvalue weighted by molar-refractivity contribution is -0.0918. The first-order valence-corrected chi connectivity index (χ1v) is 6.81. The number of nitrogens with two attached hydrogens (primary N) is 1. The highest BCUT2D eigenvalue weighted by molar-refractivity contribution is 6.66. The number of nitrogens with one attached hydrogen (secondary N) is 1. The predicted molar refractivity (Wildman–Crippen MR) is 86.1 cm³/mol. The van der Waals surface area contributed by atoms with Gasteiger partial charge in [-0.05, 0) is 46.1 Å². The van der Waals surface area contributed by atoms with Gasteiger partial charge < -0.3 is 20.9 Å². The van der Waals surface area contributed by atoms with E-state index in [1.807, 2.05) is 32.8 Å². The Morgan fingerprint density at radius 2 is 1.85 bits per heavy atom. The van der Waals surface area contributed by atoms with Crippen molar-refractivity contribution in [2.75, 3.05) is 5.73 Å². The van der Waals surface area contributed by atoms with Crippen LogP contribution >= 0.6 is 0 Å². The molecule has 0 aliphatic heterocycles. The fourth-order valence-corrected chi connectivity index (χ4v) is 1.81. The lowest BCUT2D eigenvalue weighted by Gasteiger charge is -2.39. The third-order valence-electron chi connectivity index (χ3n) is 3.90. The molecule has 4 nitrogen and oxygen atoms in total. The van der Waals surface area contributed by atoms with Crippen LogP contribution < -0.4 is 11.2 Å². The lowest BCUT2D eigenvalue weighted by Crippen LogP contribution is -2.52. The Morgan fingerprint density at radius 3 is 2.30 bits per heavy atom. The molecule has 1 aromatic rings. The SMILES string of the molecule is CB(OC(C)(C)C(C)(C)O)c1ccc(N)c(C(C)=N)c1. The van der Waals surface area contributed by atoms with Gasteiger partial charge >= 0.3 is 6.92 Å². The summed E-state index contributed by atoms with van der Waals surface area (Å²) in [5.41, 5.74) is 6.92. The van der Waals surface area contributed by atoms with E-state index in [1.54, 1.807) is 26.8 Å². The van der Waals surface area contributed by atoms with Gasteiger partial charge in [0.1, 0.15) is 0 Å². The summed E-state index contributed by atoms with van der Waals surface area (Å²) in [5.74, 6) is 0. The van der Waals surface area contributed by atoms with E-state index in [-0.39, 0.29) is 6.92 Å². The van der Waals surface area contributed by atoms with Gasteiger partial charge in [-0.1, -0.05) is 19.0 Å². The number of hydrogen-bond acceptors (Lipinski definition) is 4. The Hall–Kier alpha value is -1.33. The summed E-state index contributed by atoms with van der Waals surface area (Å²) in [6.45, 7) is 10.6. The highest BCUT2D eigenvalue weighted by Gasteiger charge is 2.38. The zero-order valence-electron chi connectivity index (χ0n) is 13.2. The van der Waals surface area contributed by atoms with E-state index in [4.69, 9.17) is 15.8 Å². The maximum Gasteiger partial charge on any atom is 0.324 e. The Balaban J connectivity index is 3.02. The minimum Gasteiger partial charge on any atom is -0.423 e. The molecule has 5 heteroatoms. The van der Waals surface area contributed by atoms with Crippen LogP contribution in [-0.4, -0.2) is 28.9 Å². The van der Waals surface area contributed by atoms with E-state index in [0.717, 1.165) is 11.0 Å². The normalized spacial score (nSPS) is 12.3. The van der Waals surface area contributed by atoms with Gasteiger partial charge in [0.2, 0.25) is 0 Å². The second-order valence-electron chi connectivity index (χ2n) is 6.30. The molecular weight excluding hydrogens is 251 g/mol. The second-order valence-corrected chi connectivity index (χ2v) is 6.30. The number of nitrogen functional groups attached to an aromatic ring is 1. The predicted octanol–water partition coefficient (Wildman–Crippen LogP) is 2.05. The number of benzene rings is 1. The molecule has 110 valence electrons. The third kappa shape index (κ3) is 3.61. The average Bonchev–Trinajstić information content (AvgIpc) is 2.26. The van der Waals surface area contributed by atoms with Crippen LogP contribution in [0, 0.1) is 5.41 Å². The van der Waals surface area contributed by atoms with Gasteiger partial charge in [0, 0.05) is 17.0 Å². The first kappa shape index (κ1) is 16.7. The summed E-state index contributed by atoms with van der Waals surface area (Å²) in [6, 6.07) is 5.56. The smallest absolute Gasteiger partial charge is 0.324 e. The van der Waals surface area contributed by atoms with Crippen LogP contribution in [0.2, 0.25) is 6.82 Å². The van der Waals surface area contributed by atoms with Crippen molar-refractivity contribution in [3.63, 3.8) is 0 Å². The molecule has 0 fully saturated rings. The van der Waals surface area contributed by atoms with Crippen molar-refractivity contribution < 1.29 is 9.76 Å². The van der Waals surface area contributed by atoms with E-state index >= 15 is 0 Å². The van der Waals surface area contributed by atoms with E-state index in [1.165, 1.54) is 0 Å². The summed E-state index contributed by atoms with van der Waals surface area (Å²) in [4.78, 5) is 0. The average molecular weight is 276 g/mol. The highest BCUT2D eigenvalue weighted by Crippen LogP contribution is 2.25.